The monoisotopic (exact) mass is 342 g/mol. The van der Waals surface area contributed by atoms with Gasteiger partial charge < -0.3 is 14.7 Å². The second-order valence-corrected chi connectivity index (χ2v) is 6.68. The first-order valence-electron chi connectivity index (χ1n) is 8.37. The summed E-state index contributed by atoms with van der Waals surface area (Å²) in [5, 5.41) is 9.81. The summed E-state index contributed by atoms with van der Waals surface area (Å²) in [6.45, 7) is 1.75. The summed E-state index contributed by atoms with van der Waals surface area (Å²) in [7, 11) is 3.21. The number of hydrogen-bond donors (Lipinski definition) is 1. The molecule has 1 amide bonds. The van der Waals surface area contributed by atoms with Crippen LogP contribution in [0.5, 0.6) is 5.75 Å². The van der Waals surface area contributed by atoms with Gasteiger partial charge in [0.2, 0.25) is 0 Å². The van der Waals surface area contributed by atoms with Crippen LogP contribution >= 0.6 is 0 Å². The summed E-state index contributed by atoms with van der Waals surface area (Å²) in [6, 6.07) is 7.34. The lowest BCUT2D eigenvalue weighted by Crippen LogP contribution is -2.33. The van der Waals surface area contributed by atoms with Crippen LogP contribution in [0.1, 0.15) is 41.7 Å². The van der Waals surface area contributed by atoms with E-state index in [1.165, 1.54) is 4.90 Å². The van der Waals surface area contributed by atoms with Crippen LogP contribution in [0.25, 0.3) is 10.9 Å². The Bertz CT molecular complexity index is 830. The van der Waals surface area contributed by atoms with E-state index in [-0.39, 0.29) is 12.5 Å². The van der Waals surface area contributed by atoms with Crippen molar-refractivity contribution in [1.29, 1.82) is 0 Å². The zero-order valence-electron chi connectivity index (χ0n) is 14.7. The number of ether oxygens (including phenoxy) is 1. The Morgan fingerprint density at radius 3 is 2.68 bits per heavy atom. The van der Waals surface area contributed by atoms with Crippen LogP contribution in [0, 0.1) is 5.92 Å². The quantitative estimate of drug-likeness (QED) is 0.873. The molecule has 1 aromatic carbocycles. The van der Waals surface area contributed by atoms with E-state index in [1.54, 1.807) is 27.1 Å². The highest BCUT2D eigenvalue weighted by molar-refractivity contribution is 6.06. The molecule has 6 nitrogen and oxygen atoms in total. The highest BCUT2D eigenvalue weighted by atomic mass is 16.5. The van der Waals surface area contributed by atoms with Crippen molar-refractivity contribution in [2.75, 3.05) is 20.7 Å². The van der Waals surface area contributed by atoms with Crippen LogP contribution in [0.3, 0.4) is 0 Å². The van der Waals surface area contributed by atoms with E-state index in [0.717, 1.165) is 29.4 Å². The van der Waals surface area contributed by atoms with Gasteiger partial charge in [0.1, 0.15) is 5.75 Å². The highest BCUT2D eigenvalue weighted by Gasteiger charge is 2.28. The molecule has 1 aromatic heterocycles. The van der Waals surface area contributed by atoms with Crippen LogP contribution in [0.4, 0.5) is 0 Å². The number of carboxylic acid groups (broad SMARTS) is 1. The van der Waals surface area contributed by atoms with Crippen LogP contribution in [-0.2, 0) is 4.79 Å². The molecule has 25 heavy (non-hydrogen) atoms. The summed E-state index contributed by atoms with van der Waals surface area (Å²) in [4.78, 5) is 30.2. The average molecular weight is 342 g/mol. The van der Waals surface area contributed by atoms with Gasteiger partial charge in [0.25, 0.3) is 5.91 Å². The van der Waals surface area contributed by atoms with Gasteiger partial charge in [0.15, 0.2) is 0 Å². The van der Waals surface area contributed by atoms with Crippen LogP contribution in [0.15, 0.2) is 24.3 Å². The second kappa shape index (κ2) is 6.70. The molecule has 1 saturated carbocycles. The summed E-state index contributed by atoms with van der Waals surface area (Å²) in [5.41, 5.74) is 2.24. The van der Waals surface area contributed by atoms with Gasteiger partial charge in [-0.05, 0) is 37.1 Å². The number of aromatic nitrogens is 1. The lowest BCUT2D eigenvalue weighted by molar-refractivity contribution is -0.141. The minimum atomic E-state index is -0.917. The summed E-state index contributed by atoms with van der Waals surface area (Å²) >= 11 is 0. The Hall–Kier alpha value is -2.63. The SMILES string of the molecule is COc1ccc2nc(C3CC3)cc(C(=O)N(C)CC(C)C(=O)O)c2c1. The molecule has 0 saturated heterocycles. The third-order valence-corrected chi connectivity index (χ3v) is 4.58. The molecule has 1 heterocycles. The summed E-state index contributed by atoms with van der Waals surface area (Å²) < 4.78 is 5.27. The van der Waals surface area contributed by atoms with E-state index in [9.17, 15) is 9.59 Å². The highest BCUT2D eigenvalue weighted by Crippen LogP contribution is 2.40. The summed E-state index contributed by atoms with van der Waals surface area (Å²) in [5.74, 6) is -0.667. The fourth-order valence-corrected chi connectivity index (χ4v) is 2.89. The van der Waals surface area contributed by atoms with E-state index in [1.807, 2.05) is 18.2 Å². The first-order chi connectivity index (χ1) is 11.9. The van der Waals surface area contributed by atoms with Gasteiger partial charge in [0, 0.05) is 30.6 Å². The van der Waals surface area contributed by atoms with Crippen molar-refractivity contribution in [2.24, 2.45) is 5.92 Å². The third kappa shape index (κ3) is 3.57. The molecule has 1 aliphatic carbocycles. The van der Waals surface area contributed by atoms with Gasteiger partial charge in [-0.1, -0.05) is 6.92 Å². The molecule has 1 aliphatic rings. The number of methoxy groups -OCH3 is 1. The minimum Gasteiger partial charge on any atom is -0.497 e. The largest absolute Gasteiger partial charge is 0.497 e. The Kier molecular flexibility index (Phi) is 4.61. The fraction of sp³-hybridized carbons (Fsp3) is 0.421. The fourth-order valence-electron chi connectivity index (χ4n) is 2.89. The molecule has 1 N–H and O–H groups in total. The summed E-state index contributed by atoms with van der Waals surface area (Å²) in [6.07, 6.45) is 2.18. The van der Waals surface area contributed by atoms with Crippen molar-refractivity contribution < 1.29 is 19.4 Å². The van der Waals surface area contributed by atoms with Crippen molar-refractivity contribution in [3.8, 4) is 5.75 Å². The molecule has 3 rings (SSSR count). The zero-order chi connectivity index (χ0) is 18.1. The van der Waals surface area contributed by atoms with E-state index in [4.69, 9.17) is 9.84 Å². The number of fused-ring (bicyclic) bond motifs is 1. The Morgan fingerprint density at radius 1 is 1.36 bits per heavy atom. The number of amides is 1. The third-order valence-electron chi connectivity index (χ3n) is 4.58. The first kappa shape index (κ1) is 17.2. The van der Waals surface area contributed by atoms with Crippen molar-refractivity contribution in [1.82, 2.24) is 9.88 Å². The van der Waals surface area contributed by atoms with E-state index >= 15 is 0 Å². The zero-order valence-corrected chi connectivity index (χ0v) is 14.7. The maximum absolute atomic E-state index is 13.0. The van der Waals surface area contributed by atoms with Crippen LogP contribution in [-0.4, -0.2) is 47.6 Å². The van der Waals surface area contributed by atoms with Crippen molar-refractivity contribution in [3.63, 3.8) is 0 Å². The molecule has 6 heteroatoms. The standard InChI is InChI=1S/C19H22N2O4/c1-11(19(23)24)10-21(2)18(22)15-9-17(12-4-5-12)20-16-7-6-13(25-3)8-14(15)16/h6-9,11-12H,4-5,10H2,1-3H3,(H,23,24). The molecule has 0 bridgehead atoms. The normalized spacial score (nSPS) is 15.0. The molecule has 1 atom stereocenters. The van der Waals surface area contributed by atoms with Gasteiger partial charge in [-0.15, -0.1) is 0 Å². The maximum Gasteiger partial charge on any atom is 0.308 e. The van der Waals surface area contributed by atoms with Gasteiger partial charge >= 0.3 is 5.97 Å². The van der Waals surface area contributed by atoms with E-state index < -0.39 is 11.9 Å². The van der Waals surface area contributed by atoms with Gasteiger partial charge in [-0.2, -0.15) is 0 Å². The van der Waals surface area contributed by atoms with Crippen molar-refractivity contribution in [3.05, 3.63) is 35.5 Å². The van der Waals surface area contributed by atoms with Crippen molar-refractivity contribution >= 4 is 22.8 Å². The van der Waals surface area contributed by atoms with Gasteiger partial charge in [-0.25, -0.2) is 0 Å². The van der Waals surface area contributed by atoms with Crippen molar-refractivity contribution in [2.45, 2.75) is 25.7 Å². The van der Waals surface area contributed by atoms with Crippen LogP contribution in [0.2, 0.25) is 0 Å². The van der Waals surface area contributed by atoms with Gasteiger partial charge in [-0.3, -0.25) is 14.6 Å². The predicted molar refractivity (Wildman–Crippen MR) is 94.0 cm³/mol. The molecular formula is C19H22N2O4. The number of carbonyl (C=O) groups is 2. The second-order valence-electron chi connectivity index (χ2n) is 6.68. The molecule has 1 fully saturated rings. The number of benzene rings is 1. The minimum absolute atomic E-state index is 0.153. The Morgan fingerprint density at radius 2 is 2.08 bits per heavy atom. The Balaban J connectivity index is 2.02. The average Bonchev–Trinajstić information content (AvgIpc) is 3.44. The molecule has 132 valence electrons. The van der Waals surface area contributed by atoms with E-state index in [2.05, 4.69) is 4.98 Å². The molecule has 2 aromatic rings. The molecular weight excluding hydrogens is 320 g/mol. The number of pyridine rings is 1. The number of rotatable bonds is 6. The topological polar surface area (TPSA) is 79.7 Å². The smallest absolute Gasteiger partial charge is 0.308 e. The maximum atomic E-state index is 13.0. The molecule has 0 radical (unpaired) electrons. The number of carboxylic acids is 1. The number of nitrogens with zero attached hydrogens (tertiary/aromatic N) is 2. The Labute approximate surface area is 146 Å². The number of hydrogen-bond acceptors (Lipinski definition) is 4. The van der Waals surface area contributed by atoms with Gasteiger partial charge in [0.05, 0.1) is 24.1 Å². The predicted octanol–water partition coefficient (Wildman–Crippen LogP) is 2.91. The number of carbonyl (C=O) groups excluding carboxylic acids is 1. The lowest BCUT2D eigenvalue weighted by atomic mass is 10.0. The first-order valence-corrected chi connectivity index (χ1v) is 8.37. The molecule has 1 unspecified atom stereocenters. The van der Waals surface area contributed by atoms with Crippen LogP contribution < -0.4 is 4.74 Å². The molecule has 0 spiro atoms. The van der Waals surface area contributed by atoms with E-state index in [0.29, 0.717) is 17.2 Å². The number of aliphatic carboxylic acids is 1. The lowest BCUT2D eigenvalue weighted by Gasteiger charge is -2.21. The molecule has 0 aliphatic heterocycles.